The lowest BCUT2D eigenvalue weighted by Crippen LogP contribution is -2.29. The topological polar surface area (TPSA) is 92.6 Å². The number of aliphatic hydroxyl groups excluding tert-OH is 1. The molecule has 11 heteroatoms. The summed E-state index contributed by atoms with van der Waals surface area (Å²) in [6, 6.07) is 19.9. The summed E-state index contributed by atoms with van der Waals surface area (Å²) in [6.07, 6.45) is 0. The van der Waals surface area contributed by atoms with E-state index in [9.17, 15) is 14.7 Å². The zero-order chi connectivity index (χ0) is 26.8. The lowest BCUT2D eigenvalue weighted by Gasteiger charge is -2.22. The molecule has 4 aromatic rings. The van der Waals surface area contributed by atoms with Gasteiger partial charge in [-0.25, -0.2) is 0 Å². The van der Waals surface area contributed by atoms with Crippen molar-refractivity contribution >= 4 is 68.9 Å². The fraction of sp³-hybridized carbons (Fsp3) is 0.111. The van der Waals surface area contributed by atoms with Crippen molar-refractivity contribution in [2.75, 3.05) is 12.0 Å². The van der Waals surface area contributed by atoms with E-state index in [0.717, 1.165) is 5.56 Å². The van der Waals surface area contributed by atoms with Crippen molar-refractivity contribution < 1.29 is 19.4 Å². The summed E-state index contributed by atoms with van der Waals surface area (Å²) in [4.78, 5) is 27.9. The van der Waals surface area contributed by atoms with Gasteiger partial charge in [0.05, 0.1) is 18.7 Å². The second-order valence-electron chi connectivity index (χ2n) is 8.18. The zero-order valence-corrected chi connectivity index (χ0v) is 22.9. The molecule has 0 bridgehead atoms. The fourth-order valence-corrected chi connectivity index (χ4v) is 6.29. The summed E-state index contributed by atoms with van der Waals surface area (Å²) in [5, 5.41) is 21.1. The minimum absolute atomic E-state index is 0.0528. The average molecular weight is 585 g/mol. The lowest BCUT2D eigenvalue weighted by atomic mass is 9.95. The Bertz CT molecular complexity index is 1540. The van der Waals surface area contributed by atoms with E-state index in [4.69, 9.17) is 27.9 Å². The molecule has 1 saturated heterocycles. The molecule has 1 fully saturated rings. The Balaban J connectivity index is 1.53. The van der Waals surface area contributed by atoms with E-state index in [1.165, 1.54) is 35.1 Å². The van der Waals surface area contributed by atoms with Crippen LogP contribution in [0.3, 0.4) is 0 Å². The summed E-state index contributed by atoms with van der Waals surface area (Å²) < 4.78 is 5.79. The van der Waals surface area contributed by atoms with Gasteiger partial charge in [-0.3, -0.25) is 14.5 Å². The number of halogens is 2. The minimum Gasteiger partial charge on any atom is -0.507 e. The molecule has 2 heterocycles. The molecular formula is C27H19Cl2N3O4S2. The third-order valence-electron chi connectivity index (χ3n) is 5.90. The van der Waals surface area contributed by atoms with Gasteiger partial charge in [0.15, 0.2) is 4.34 Å². The molecule has 1 N–H and O–H groups in total. The second kappa shape index (κ2) is 11.2. The Morgan fingerprint density at radius 2 is 1.74 bits per heavy atom. The largest absolute Gasteiger partial charge is 0.507 e. The number of rotatable bonds is 7. The molecule has 1 amide bonds. The van der Waals surface area contributed by atoms with Crippen LogP contribution in [0.4, 0.5) is 5.13 Å². The molecule has 3 aromatic carbocycles. The highest BCUT2D eigenvalue weighted by atomic mass is 35.5. The Hall–Kier alpha value is -3.37. The number of ketones is 1. The molecule has 192 valence electrons. The maximum Gasteiger partial charge on any atom is 0.301 e. The SMILES string of the molecule is COc1ccc(C(O)=C2C(=O)C(=O)N(c3nnc(SCc4ccccc4Cl)s3)[C@@H]2c2ccc(Cl)cc2)cc1. The van der Waals surface area contributed by atoms with Crippen molar-refractivity contribution in [2.45, 2.75) is 16.1 Å². The molecule has 0 aliphatic carbocycles. The van der Waals surface area contributed by atoms with E-state index in [0.29, 0.717) is 37.0 Å². The van der Waals surface area contributed by atoms with Crippen molar-refractivity contribution in [1.29, 1.82) is 0 Å². The number of hydrogen-bond acceptors (Lipinski definition) is 8. The van der Waals surface area contributed by atoms with Crippen molar-refractivity contribution in [3.63, 3.8) is 0 Å². The van der Waals surface area contributed by atoms with Gasteiger partial charge in [-0.2, -0.15) is 0 Å². The van der Waals surface area contributed by atoms with Gasteiger partial charge < -0.3 is 9.84 Å². The molecule has 1 aromatic heterocycles. The van der Waals surface area contributed by atoms with Gasteiger partial charge in [0.25, 0.3) is 5.78 Å². The number of Topliss-reactive ketones (excluding diaryl/α,β-unsaturated/α-hetero) is 1. The molecule has 0 spiro atoms. The molecule has 5 rings (SSSR count). The fourth-order valence-electron chi connectivity index (χ4n) is 4.01. The molecule has 0 radical (unpaired) electrons. The molecule has 1 aliphatic heterocycles. The molecule has 0 unspecified atom stereocenters. The van der Waals surface area contributed by atoms with Crippen molar-refractivity contribution in [1.82, 2.24) is 10.2 Å². The molecule has 1 aliphatic rings. The number of thioether (sulfide) groups is 1. The van der Waals surface area contributed by atoms with Crippen LogP contribution in [0.15, 0.2) is 82.7 Å². The minimum atomic E-state index is -0.927. The highest BCUT2D eigenvalue weighted by Gasteiger charge is 2.48. The first-order valence-electron chi connectivity index (χ1n) is 11.3. The normalized spacial score (nSPS) is 16.7. The number of carbonyl (C=O) groups is 2. The van der Waals surface area contributed by atoms with Gasteiger partial charge in [-0.1, -0.05) is 76.6 Å². The summed E-state index contributed by atoms with van der Waals surface area (Å²) in [5.74, 6) is -0.777. The monoisotopic (exact) mass is 583 g/mol. The Morgan fingerprint density at radius 1 is 1.03 bits per heavy atom. The van der Waals surface area contributed by atoms with Crippen LogP contribution in [0.1, 0.15) is 22.7 Å². The number of carbonyl (C=O) groups excluding carboxylic acids is 2. The predicted molar refractivity (Wildman–Crippen MR) is 150 cm³/mol. The van der Waals surface area contributed by atoms with Crippen molar-refractivity contribution in [3.8, 4) is 5.75 Å². The third-order valence-corrected chi connectivity index (χ3v) is 8.63. The van der Waals surface area contributed by atoms with Crippen LogP contribution < -0.4 is 9.64 Å². The van der Waals surface area contributed by atoms with Gasteiger partial charge >= 0.3 is 5.91 Å². The van der Waals surface area contributed by atoms with Crippen molar-refractivity contribution in [3.05, 3.63) is 105 Å². The first-order valence-corrected chi connectivity index (χ1v) is 13.8. The lowest BCUT2D eigenvalue weighted by molar-refractivity contribution is -0.132. The average Bonchev–Trinajstić information content (AvgIpc) is 3.50. The van der Waals surface area contributed by atoms with Gasteiger partial charge in [-0.05, 0) is 53.6 Å². The number of aliphatic hydroxyl groups is 1. The van der Waals surface area contributed by atoms with E-state index in [2.05, 4.69) is 10.2 Å². The number of anilines is 1. The highest BCUT2D eigenvalue weighted by molar-refractivity contribution is 8.00. The first-order chi connectivity index (χ1) is 18.4. The van der Waals surface area contributed by atoms with E-state index < -0.39 is 17.7 Å². The molecular weight excluding hydrogens is 565 g/mol. The molecule has 38 heavy (non-hydrogen) atoms. The highest BCUT2D eigenvalue weighted by Crippen LogP contribution is 2.44. The molecule has 7 nitrogen and oxygen atoms in total. The van der Waals surface area contributed by atoms with E-state index in [1.807, 2.05) is 24.3 Å². The van der Waals surface area contributed by atoms with E-state index in [-0.39, 0.29) is 16.5 Å². The van der Waals surface area contributed by atoms with Crippen LogP contribution >= 0.6 is 46.3 Å². The summed E-state index contributed by atoms with van der Waals surface area (Å²) >= 11 is 15.0. The first kappa shape index (κ1) is 26.2. The number of amides is 1. The number of ether oxygens (including phenoxy) is 1. The van der Waals surface area contributed by atoms with Gasteiger partial charge in [0.2, 0.25) is 5.13 Å². The maximum absolute atomic E-state index is 13.3. The van der Waals surface area contributed by atoms with Crippen LogP contribution in [-0.4, -0.2) is 34.1 Å². The summed E-state index contributed by atoms with van der Waals surface area (Å²) in [7, 11) is 1.53. The van der Waals surface area contributed by atoms with Gasteiger partial charge in [-0.15, -0.1) is 10.2 Å². The summed E-state index contributed by atoms with van der Waals surface area (Å²) in [6.45, 7) is 0. The number of aromatic nitrogens is 2. The zero-order valence-electron chi connectivity index (χ0n) is 19.8. The van der Waals surface area contributed by atoms with Crippen LogP contribution in [-0.2, 0) is 15.3 Å². The Kier molecular flexibility index (Phi) is 7.71. The van der Waals surface area contributed by atoms with Crippen LogP contribution in [0.25, 0.3) is 5.76 Å². The standard InChI is InChI=1S/C27H19Cl2N3O4S2/c1-36-19-12-8-16(9-13-19)23(33)21-22(15-6-10-18(28)11-7-15)32(25(35)24(21)34)26-30-31-27(38-26)37-14-17-4-2-3-5-20(17)29/h2-13,22,33H,14H2,1H3/t22-/m1/s1. The number of nitrogens with zero attached hydrogens (tertiary/aromatic N) is 3. The van der Waals surface area contributed by atoms with Gasteiger partial charge in [0, 0.05) is 21.4 Å². The number of hydrogen-bond donors (Lipinski definition) is 1. The van der Waals surface area contributed by atoms with Crippen LogP contribution in [0, 0.1) is 0 Å². The molecule has 1 atom stereocenters. The second-order valence-corrected chi connectivity index (χ2v) is 11.2. The van der Waals surface area contributed by atoms with Crippen LogP contribution in [0.5, 0.6) is 5.75 Å². The number of methoxy groups -OCH3 is 1. The van der Waals surface area contributed by atoms with E-state index >= 15 is 0 Å². The van der Waals surface area contributed by atoms with Gasteiger partial charge in [0.1, 0.15) is 11.5 Å². The van der Waals surface area contributed by atoms with Crippen LogP contribution in [0.2, 0.25) is 10.0 Å². The summed E-state index contributed by atoms with van der Waals surface area (Å²) in [5.41, 5.74) is 1.85. The van der Waals surface area contributed by atoms with E-state index in [1.54, 1.807) is 48.5 Å². The Morgan fingerprint density at radius 3 is 2.42 bits per heavy atom. The Labute approximate surface area is 236 Å². The molecule has 0 saturated carbocycles. The number of benzene rings is 3. The third kappa shape index (κ3) is 5.15. The maximum atomic E-state index is 13.3. The predicted octanol–water partition coefficient (Wildman–Crippen LogP) is 6.77. The quantitative estimate of drug-likeness (QED) is 0.0843. The smallest absolute Gasteiger partial charge is 0.301 e. The van der Waals surface area contributed by atoms with Crippen molar-refractivity contribution in [2.24, 2.45) is 0 Å².